The largest absolute Gasteiger partial charge is 4.00 e. The zero-order valence-corrected chi connectivity index (χ0v) is 22.1. The summed E-state index contributed by atoms with van der Waals surface area (Å²) in [6.45, 7) is 10.2. The molecule has 0 saturated carbocycles. The van der Waals surface area contributed by atoms with Gasteiger partial charge in [-0.3, -0.25) is 6.08 Å². The van der Waals surface area contributed by atoms with Crippen LogP contribution in [0.15, 0.2) is 17.7 Å². The second-order valence-electron chi connectivity index (χ2n) is 5.90. The quantitative estimate of drug-likeness (QED) is 0.129. The van der Waals surface area contributed by atoms with Crippen molar-refractivity contribution in [3.05, 3.63) is 46.1 Å². The molecule has 0 amide bonds. The summed E-state index contributed by atoms with van der Waals surface area (Å²) >= 11 is 0. The van der Waals surface area contributed by atoms with Crippen LogP contribution in [0.2, 0.25) is 5.54 Å². The van der Waals surface area contributed by atoms with Crippen LogP contribution in [0.3, 0.4) is 0 Å². The predicted molar refractivity (Wildman–Crippen MR) is 118 cm³/mol. The second kappa shape index (κ2) is 21.0. The summed E-state index contributed by atoms with van der Waals surface area (Å²) in [6, 6.07) is 0. The van der Waals surface area contributed by atoms with Crippen LogP contribution >= 0.6 is 0 Å². The summed E-state index contributed by atoms with van der Waals surface area (Å²) in [5, 5.41) is 0. The first-order chi connectivity index (χ1) is 11.2. The van der Waals surface area contributed by atoms with Crippen LogP contribution in [0.4, 0.5) is 0 Å². The molecule has 0 aromatic carbocycles. The molecule has 164 valence electrons. The van der Waals surface area contributed by atoms with E-state index in [2.05, 4.69) is 25.2 Å². The molecule has 1 atom stereocenters. The molecular formula is C22H44O3PtSi. The molecule has 0 bridgehead atoms. The molecule has 0 fully saturated rings. The van der Waals surface area contributed by atoms with Gasteiger partial charge in [0.1, 0.15) is 0 Å². The topological polar surface area (TPSA) is 27.7 Å². The maximum Gasteiger partial charge on any atom is 4.00 e. The van der Waals surface area contributed by atoms with E-state index in [1.54, 1.807) is 0 Å². The van der Waals surface area contributed by atoms with Gasteiger partial charge >= 0.3 is 29.9 Å². The van der Waals surface area contributed by atoms with Gasteiger partial charge in [-0.15, -0.1) is 6.42 Å². The maximum atomic E-state index is 6.16. The van der Waals surface area contributed by atoms with Crippen LogP contribution in [-0.2, 0) is 34.3 Å². The summed E-state index contributed by atoms with van der Waals surface area (Å²) in [4.78, 5) is 0. The Hall–Kier alpha value is 0.265. The molecule has 0 radical (unpaired) electrons. The molecule has 0 aromatic heterocycles. The van der Waals surface area contributed by atoms with Crippen LogP contribution in [-0.4, -0.2) is 28.6 Å². The zero-order chi connectivity index (χ0) is 17.0. The van der Waals surface area contributed by atoms with Gasteiger partial charge in [-0.25, -0.2) is 11.6 Å². The fourth-order valence-corrected chi connectivity index (χ4v) is 6.36. The minimum absolute atomic E-state index is 0. The van der Waals surface area contributed by atoms with Gasteiger partial charge in [0, 0.05) is 25.4 Å². The smallest absolute Gasteiger partial charge is 0.373 e. The van der Waals surface area contributed by atoms with Gasteiger partial charge in [-0.1, -0.05) is 39.0 Å². The summed E-state index contributed by atoms with van der Waals surface area (Å²) in [5.41, 5.74) is 1.46. The normalized spacial score (nSPS) is 13.6. The van der Waals surface area contributed by atoms with Crippen molar-refractivity contribution in [2.24, 2.45) is 0 Å². The molecule has 27 heavy (non-hydrogen) atoms. The van der Waals surface area contributed by atoms with Crippen molar-refractivity contribution in [1.82, 2.24) is 0 Å². The molecule has 1 unspecified atom stereocenters. The van der Waals surface area contributed by atoms with Crippen molar-refractivity contribution in [1.29, 1.82) is 0 Å². The Labute approximate surface area is 187 Å². The molecule has 3 nitrogen and oxygen atoms in total. The van der Waals surface area contributed by atoms with E-state index in [9.17, 15) is 0 Å². The molecule has 0 N–H and O–H groups in total. The summed E-state index contributed by atoms with van der Waals surface area (Å²) < 4.78 is 18.5. The molecule has 0 heterocycles. The third-order valence-electron chi connectivity index (χ3n) is 4.16. The van der Waals surface area contributed by atoms with E-state index in [0.29, 0.717) is 19.8 Å². The molecule has 5 heteroatoms. The van der Waals surface area contributed by atoms with Crippen molar-refractivity contribution >= 4 is 8.80 Å². The van der Waals surface area contributed by atoms with Crippen molar-refractivity contribution in [2.75, 3.05) is 19.8 Å². The van der Waals surface area contributed by atoms with Crippen molar-refractivity contribution in [3.63, 3.8) is 0 Å². The fraction of sp³-hybridized carbons (Fsp3) is 0.682. The van der Waals surface area contributed by atoms with E-state index in [4.69, 9.17) is 13.3 Å². The number of allylic oxidation sites excluding steroid dienone is 4. The van der Waals surface area contributed by atoms with Crippen LogP contribution in [0.5, 0.6) is 0 Å². The average molecular weight is 580 g/mol. The summed E-state index contributed by atoms with van der Waals surface area (Å²) in [7, 11) is -2.71. The Morgan fingerprint density at radius 3 is 1.81 bits per heavy atom. The van der Waals surface area contributed by atoms with Gasteiger partial charge in [0.2, 0.25) is 0 Å². The van der Waals surface area contributed by atoms with E-state index >= 15 is 0 Å². The minimum atomic E-state index is -2.71. The van der Waals surface area contributed by atoms with E-state index in [1.165, 1.54) is 37.7 Å². The minimum Gasteiger partial charge on any atom is -0.373 e. The molecular weight excluding hydrogens is 535 g/mol. The van der Waals surface area contributed by atoms with Crippen molar-refractivity contribution in [2.45, 2.75) is 78.2 Å². The first-order valence-electron chi connectivity index (χ1n) is 9.43. The number of hydrogen-bond acceptors (Lipinski definition) is 3. The number of hydrogen-bond donors (Lipinski definition) is 0. The molecule has 1 aliphatic carbocycles. The van der Waals surface area contributed by atoms with Crippen LogP contribution in [0.25, 0.3) is 0 Å². The van der Waals surface area contributed by atoms with Gasteiger partial charge in [-0.05, 0) is 27.2 Å². The van der Waals surface area contributed by atoms with Crippen molar-refractivity contribution in [3.8, 4) is 0 Å². The first kappa shape index (κ1) is 34.8. The van der Waals surface area contributed by atoms with Gasteiger partial charge in [0.15, 0.2) is 0 Å². The summed E-state index contributed by atoms with van der Waals surface area (Å²) in [6.07, 6.45) is 16.2. The fourth-order valence-electron chi connectivity index (χ4n) is 3.17. The third-order valence-corrected chi connectivity index (χ3v) is 7.68. The number of unbranched alkanes of at least 4 members (excludes halogenated alkanes) is 4. The average Bonchev–Trinajstić information content (AvgIpc) is 3.05. The first-order valence-corrected chi connectivity index (χ1v) is 11.2. The van der Waals surface area contributed by atoms with Crippen molar-refractivity contribution < 1.29 is 34.3 Å². The van der Waals surface area contributed by atoms with E-state index in [0.717, 1.165) is 12.8 Å². The van der Waals surface area contributed by atoms with Gasteiger partial charge in [0.05, 0.1) is 0 Å². The SMILES string of the molecule is CCCCCCCC(C1=[C-]CC=C1)[Si](OCC)(OCC)OCC.[CH3-].[CH3-].[CH3-].[Pt+4]. The van der Waals surface area contributed by atoms with Gasteiger partial charge in [0.25, 0.3) is 0 Å². The van der Waals surface area contributed by atoms with Crippen LogP contribution in [0, 0.1) is 28.4 Å². The zero-order valence-electron chi connectivity index (χ0n) is 18.8. The molecule has 0 aromatic rings. The Morgan fingerprint density at radius 2 is 1.41 bits per heavy atom. The van der Waals surface area contributed by atoms with E-state index < -0.39 is 8.80 Å². The third kappa shape index (κ3) is 11.8. The van der Waals surface area contributed by atoms with Gasteiger partial charge in [-0.2, -0.15) is 6.08 Å². The molecule has 1 rings (SSSR count). The molecule has 0 saturated heterocycles. The number of rotatable bonds is 14. The van der Waals surface area contributed by atoms with Crippen LogP contribution < -0.4 is 0 Å². The predicted octanol–water partition coefficient (Wildman–Crippen LogP) is 6.80. The Kier molecular flexibility index (Phi) is 27.0. The Bertz CT molecular complexity index is 356. The van der Waals surface area contributed by atoms with Gasteiger partial charge < -0.3 is 35.6 Å². The summed E-state index contributed by atoms with van der Waals surface area (Å²) in [5.74, 6) is 0. The monoisotopic (exact) mass is 579 g/mol. The molecule has 0 spiro atoms. The molecule has 1 aliphatic rings. The molecule has 0 aliphatic heterocycles. The Morgan fingerprint density at radius 1 is 0.889 bits per heavy atom. The Balaban J connectivity index is -0.000000661. The van der Waals surface area contributed by atoms with E-state index in [1.807, 2.05) is 20.8 Å². The second-order valence-corrected chi connectivity index (χ2v) is 8.67. The standard InChI is InChI=1S/C19H35O3Si.3CH3.Pt/c1-5-9-10-11-12-17-19(18-15-13-14-16-18)23(20-6-2,21-7-3)22-8-4;;;;/h13,15,19H,5-12,14,17H2,1-4H3;3*1H3;/q4*-1;+4. The maximum absolute atomic E-state index is 6.16. The van der Waals surface area contributed by atoms with E-state index in [-0.39, 0.29) is 48.9 Å². The van der Waals surface area contributed by atoms with Crippen LogP contribution in [0.1, 0.15) is 72.6 Å².